The van der Waals surface area contributed by atoms with Crippen molar-refractivity contribution in [2.45, 2.75) is 62.7 Å². The summed E-state index contributed by atoms with van der Waals surface area (Å²) in [6.45, 7) is 4.35. The molecule has 206 valence electrons. The van der Waals surface area contributed by atoms with Crippen LogP contribution >= 0.6 is 0 Å². The molecule has 0 amide bonds. The maximum atomic E-state index is 2.84. The minimum absolute atomic E-state index is 0.532. The van der Waals surface area contributed by atoms with E-state index in [2.05, 4.69) is 132 Å². The second kappa shape index (κ2) is 10.1. The van der Waals surface area contributed by atoms with E-state index in [1.807, 2.05) is 3.26 Å². The van der Waals surface area contributed by atoms with E-state index in [0.29, 0.717) is 7.35 Å². The van der Waals surface area contributed by atoms with Crippen LogP contribution in [0.1, 0.15) is 72.8 Å². The maximum absolute atomic E-state index is 3.92. The Labute approximate surface area is 247 Å². The quantitative estimate of drug-likeness (QED) is 0.186. The molecule has 1 saturated carbocycles. The van der Waals surface area contributed by atoms with Crippen LogP contribution in [0, 0.1) is 13.8 Å². The van der Waals surface area contributed by atoms with Crippen LogP contribution in [0.3, 0.4) is 0 Å². The summed E-state index contributed by atoms with van der Waals surface area (Å²) in [7, 11) is 0. The summed E-state index contributed by atoms with van der Waals surface area (Å²) in [4.78, 5) is 0. The molecule has 3 aliphatic carbocycles. The Bertz CT molecular complexity index is 1650. The molecule has 0 aliphatic heterocycles. The molecule has 0 heterocycles. The minimum atomic E-state index is -3.92. The molecule has 3 aliphatic rings. The molecule has 0 nitrogen and oxygen atoms in total. The van der Waals surface area contributed by atoms with Crippen LogP contribution in [0.5, 0.6) is 0 Å². The monoisotopic (exact) mass is 702 g/mol. The SMILES string of the molecule is Cc1ccc(-c2cccc3c2C=C[CH]3[Hf]([CH3])([CH3])(=[C]2CCCCC2)[CH]2C=Cc3c(-c4ccc(C)cc4)cccc32)cc1. The fourth-order valence-electron chi connectivity index (χ4n) is 8.59. The van der Waals surface area contributed by atoms with E-state index >= 15 is 0 Å². The number of hydrogen-bond donors (Lipinski definition) is 0. The predicted molar refractivity (Wildman–Crippen MR) is 177 cm³/mol. The average molecular weight is 701 g/mol. The Morgan fingerprint density at radius 1 is 0.537 bits per heavy atom. The number of hydrogen-bond acceptors (Lipinski definition) is 0. The summed E-state index contributed by atoms with van der Waals surface area (Å²) in [6.07, 6.45) is 17.1. The standard InChI is InChI=1S/2C16H13.C6H10.2CH3.Hf/c2*1-12-8-10-14(11-9-12)16-7-3-5-13-4-2-6-15(13)16;1-2-4-6-5-3-1;;;/h2*2-11H,1H3;1-5H2;2*1H3;. The van der Waals surface area contributed by atoms with Crippen molar-refractivity contribution >= 4 is 15.4 Å². The molecule has 1 fully saturated rings. The number of allylic oxidation sites excluding steroid dienone is 2. The molecule has 0 radical (unpaired) electrons. The van der Waals surface area contributed by atoms with Crippen LogP contribution in [0.25, 0.3) is 34.4 Å². The molecule has 2 atom stereocenters. The zero-order valence-corrected chi connectivity index (χ0v) is 28.7. The molecule has 1 heteroatoms. The van der Waals surface area contributed by atoms with Gasteiger partial charge in [-0.3, -0.25) is 0 Å². The summed E-state index contributed by atoms with van der Waals surface area (Å²) in [5.74, 6) is 0. The van der Waals surface area contributed by atoms with Crippen molar-refractivity contribution in [3.8, 4) is 22.3 Å². The first kappa shape index (κ1) is 27.0. The van der Waals surface area contributed by atoms with E-state index in [4.69, 9.17) is 0 Å². The van der Waals surface area contributed by atoms with Crippen LogP contribution in [0.2, 0.25) is 9.36 Å². The van der Waals surface area contributed by atoms with Crippen LogP contribution < -0.4 is 0 Å². The predicted octanol–water partition coefficient (Wildman–Crippen LogP) is 11.4. The summed E-state index contributed by atoms with van der Waals surface area (Å²) in [5, 5.41) is 0. The van der Waals surface area contributed by atoms with Crippen LogP contribution in [-0.4, -0.2) is 3.26 Å². The Morgan fingerprint density at radius 3 is 1.41 bits per heavy atom. The van der Waals surface area contributed by atoms with Gasteiger partial charge >= 0.3 is 249 Å². The molecule has 4 aromatic rings. The molecule has 0 spiro atoms. The molecule has 0 saturated heterocycles. The van der Waals surface area contributed by atoms with Gasteiger partial charge in [-0.2, -0.15) is 0 Å². The third-order valence-corrected chi connectivity index (χ3v) is 38.3. The Balaban J connectivity index is 1.41. The van der Waals surface area contributed by atoms with E-state index in [1.54, 1.807) is 11.1 Å². The van der Waals surface area contributed by atoms with Gasteiger partial charge in [0.15, 0.2) is 0 Å². The number of benzene rings is 4. The van der Waals surface area contributed by atoms with Crippen LogP contribution in [-0.2, 0) is 18.0 Å². The van der Waals surface area contributed by atoms with Gasteiger partial charge in [-0.25, -0.2) is 0 Å². The van der Waals surface area contributed by atoms with Gasteiger partial charge in [0.1, 0.15) is 0 Å². The van der Waals surface area contributed by atoms with Crippen molar-refractivity contribution in [1.29, 1.82) is 0 Å². The molecule has 4 aromatic carbocycles. The van der Waals surface area contributed by atoms with E-state index in [0.717, 1.165) is 0 Å². The van der Waals surface area contributed by atoms with E-state index in [1.165, 1.54) is 76.6 Å². The van der Waals surface area contributed by atoms with Crippen LogP contribution in [0.4, 0.5) is 0 Å². The first-order valence-corrected chi connectivity index (χ1v) is 28.8. The van der Waals surface area contributed by atoms with Crippen molar-refractivity contribution in [3.63, 3.8) is 0 Å². The molecule has 0 aromatic heterocycles. The van der Waals surface area contributed by atoms with Gasteiger partial charge < -0.3 is 0 Å². The van der Waals surface area contributed by atoms with Gasteiger partial charge in [-0.05, 0) is 0 Å². The van der Waals surface area contributed by atoms with Crippen molar-refractivity contribution in [2.24, 2.45) is 0 Å². The van der Waals surface area contributed by atoms with Gasteiger partial charge in [-0.15, -0.1) is 0 Å². The number of fused-ring (bicyclic) bond motifs is 2. The Morgan fingerprint density at radius 2 is 0.976 bits per heavy atom. The molecule has 41 heavy (non-hydrogen) atoms. The molecular formula is C40H42Hf. The third-order valence-electron chi connectivity index (χ3n) is 11.1. The molecule has 0 N–H and O–H groups in total. The van der Waals surface area contributed by atoms with Gasteiger partial charge in [-0.1, -0.05) is 0 Å². The normalized spacial score (nSPS) is 19.9. The summed E-state index contributed by atoms with van der Waals surface area (Å²) < 4.78 is 8.71. The molecule has 0 bridgehead atoms. The topological polar surface area (TPSA) is 0 Å². The summed E-state index contributed by atoms with van der Waals surface area (Å²) in [6, 6.07) is 32.4. The number of rotatable bonds is 4. The zero-order valence-electron chi connectivity index (χ0n) is 25.1. The van der Waals surface area contributed by atoms with Gasteiger partial charge in [0.05, 0.1) is 0 Å². The van der Waals surface area contributed by atoms with E-state index in [-0.39, 0.29) is 0 Å². The fraction of sp³-hybridized carbons (Fsp3) is 0.275. The van der Waals surface area contributed by atoms with Gasteiger partial charge in [0.25, 0.3) is 0 Å². The third kappa shape index (κ3) is 4.30. The van der Waals surface area contributed by atoms with Crippen molar-refractivity contribution in [2.75, 3.05) is 0 Å². The fourth-order valence-corrected chi connectivity index (χ4v) is 33.7. The first-order valence-electron chi connectivity index (χ1n) is 15.7. The average Bonchev–Trinajstić information content (AvgIpc) is 3.65. The van der Waals surface area contributed by atoms with Gasteiger partial charge in [0, 0.05) is 0 Å². The van der Waals surface area contributed by atoms with E-state index < -0.39 is 18.0 Å². The second-order valence-corrected chi connectivity index (χ2v) is 39.6. The molecular weight excluding hydrogens is 659 g/mol. The summed E-state index contributed by atoms with van der Waals surface area (Å²) in [5.41, 5.74) is 14.2. The Kier molecular flexibility index (Phi) is 6.66. The van der Waals surface area contributed by atoms with Crippen molar-refractivity contribution < 1.29 is 18.0 Å². The number of aryl methyl sites for hydroxylation is 2. The summed E-state index contributed by atoms with van der Waals surface area (Å²) >= 11 is -3.92. The van der Waals surface area contributed by atoms with E-state index in [9.17, 15) is 0 Å². The zero-order chi connectivity index (χ0) is 28.2. The second-order valence-electron chi connectivity index (χ2n) is 13.8. The van der Waals surface area contributed by atoms with Crippen LogP contribution in [0.15, 0.2) is 97.1 Å². The van der Waals surface area contributed by atoms with Crippen molar-refractivity contribution in [3.05, 3.63) is 130 Å². The molecule has 7 rings (SSSR count). The first-order chi connectivity index (χ1) is 19.8. The molecule has 2 unspecified atom stereocenters. The Hall–Kier alpha value is -2.90. The van der Waals surface area contributed by atoms with Crippen molar-refractivity contribution in [1.82, 2.24) is 0 Å². The van der Waals surface area contributed by atoms with Gasteiger partial charge in [0.2, 0.25) is 0 Å².